The standard InChI is InChI=1S/C31H34N4O9S/c1-41-26-14-22-8-5-21(26)15-33-29(36)12-4-19-3-11-25(27(13-19)42-2)43-18-30(37)34-24-16-35(17-28(24)44-22)31(38)20-6-9-23(10-7-20)45(32,39)40/h3,5-11,13-14,24,28H,4,12,15-18H2,1-2H3,(H,33,36)(H,34,37)(H2,32,39,40)/t24-,28-/m1/s1. The van der Waals surface area contributed by atoms with Crippen molar-refractivity contribution in [2.45, 2.75) is 36.4 Å². The van der Waals surface area contributed by atoms with Gasteiger partial charge in [-0.3, -0.25) is 14.4 Å². The summed E-state index contributed by atoms with van der Waals surface area (Å²) >= 11 is 0. The Kier molecular flexibility index (Phi) is 9.44. The van der Waals surface area contributed by atoms with Crippen molar-refractivity contribution in [3.05, 3.63) is 77.4 Å². The number of nitrogens with zero attached hydrogens (tertiary/aromatic N) is 1. The Morgan fingerprint density at radius 3 is 2.40 bits per heavy atom. The molecule has 0 spiro atoms. The Labute approximate surface area is 260 Å². The smallest absolute Gasteiger partial charge is 0.258 e. The highest BCUT2D eigenvalue weighted by molar-refractivity contribution is 7.89. The zero-order valence-electron chi connectivity index (χ0n) is 24.8. The van der Waals surface area contributed by atoms with Crippen LogP contribution in [0.4, 0.5) is 0 Å². The van der Waals surface area contributed by atoms with Gasteiger partial charge in [-0.15, -0.1) is 0 Å². The average molecular weight is 639 g/mol. The fourth-order valence-corrected chi connectivity index (χ4v) is 5.72. The number of hydrogen-bond acceptors (Lipinski definition) is 9. The molecule has 3 amide bonds. The van der Waals surface area contributed by atoms with Gasteiger partial charge >= 0.3 is 0 Å². The minimum absolute atomic E-state index is 0.114. The molecule has 4 bridgehead atoms. The van der Waals surface area contributed by atoms with Gasteiger partial charge in [-0.25, -0.2) is 13.6 Å². The third-order valence-corrected chi connectivity index (χ3v) is 8.51. The van der Waals surface area contributed by atoms with Gasteiger partial charge in [0, 0.05) is 36.7 Å². The highest BCUT2D eigenvalue weighted by Crippen LogP contribution is 2.30. The molecule has 238 valence electrons. The summed E-state index contributed by atoms with van der Waals surface area (Å²) in [6.07, 6.45) is 0.0712. The van der Waals surface area contributed by atoms with Crippen LogP contribution in [0.2, 0.25) is 0 Å². The Bertz CT molecular complexity index is 1700. The first-order chi connectivity index (χ1) is 21.5. The van der Waals surface area contributed by atoms with Crippen LogP contribution in [0.3, 0.4) is 0 Å². The van der Waals surface area contributed by atoms with Crippen LogP contribution in [-0.2, 0) is 32.6 Å². The van der Waals surface area contributed by atoms with Gasteiger partial charge in [0.05, 0.1) is 31.7 Å². The molecular formula is C31H34N4O9S. The summed E-state index contributed by atoms with van der Waals surface area (Å²) in [5.74, 6) is 0.764. The summed E-state index contributed by atoms with van der Waals surface area (Å²) in [5.41, 5.74) is 1.86. The Morgan fingerprint density at radius 2 is 1.69 bits per heavy atom. The minimum atomic E-state index is -3.92. The first-order valence-electron chi connectivity index (χ1n) is 14.2. The quantitative estimate of drug-likeness (QED) is 0.381. The van der Waals surface area contributed by atoms with Crippen LogP contribution < -0.4 is 34.7 Å². The topological polar surface area (TPSA) is 176 Å². The van der Waals surface area contributed by atoms with E-state index in [4.69, 9.17) is 24.1 Å². The van der Waals surface area contributed by atoms with Gasteiger partial charge in [0.2, 0.25) is 15.9 Å². The number of carbonyl (C=O) groups is 3. The Morgan fingerprint density at radius 1 is 0.933 bits per heavy atom. The molecule has 0 saturated carbocycles. The normalized spacial score (nSPS) is 19.0. The van der Waals surface area contributed by atoms with E-state index in [1.807, 2.05) is 6.07 Å². The molecule has 5 heterocycles. The summed E-state index contributed by atoms with van der Waals surface area (Å²) in [7, 11) is -0.915. The third-order valence-electron chi connectivity index (χ3n) is 7.58. The van der Waals surface area contributed by atoms with E-state index >= 15 is 0 Å². The molecule has 0 aliphatic carbocycles. The lowest BCUT2D eigenvalue weighted by Crippen LogP contribution is -2.46. The maximum Gasteiger partial charge on any atom is 0.258 e. The Hall–Kier alpha value is -4.82. The number of benzene rings is 3. The maximum atomic E-state index is 13.4. The molecular weight excluding hydrogens is 604 g/mol. The highest BCUT2D eigenvalue weighted by atomic mass is 32.2. The maximum absolute atomic E-state index is 13.4. The summed E-state index contributed by atoms with van der Waals surface area (Å²) in [6, 6.07) is 15.1. The molecule has 0 aromatic heterocycles. The number of hydrogen-bond donors (Lipinski definition) is 3. The number of aryl methyl sites for hydroxylation is 1. The second kappa shape index (κ2) is 13.4. The van der Waals surface area contributed by atoms with Crippen LogP contribution in [0, 0.1) is 0 Å². The fourth-order valence-electron chi connectivity index (χ4n) is 5.21. The minimum Gasteiger partial charge on any atom is -0.496 e. The molecule has 1 saturated heterocycles. The molecule has 4 N–H and O–H groups in total. The number of ether oxygens (including phenoxy) is 4. The van der Waals surface area contributed by atoms with E-state index in [0.717, 1.165) is 11.1 Å². The van der Waals surface area contributed by atoms with Crippen molar-refractivity contribution in [3.8, 4) is 23.0 Å². The summed E-state index contributed by atoms with van der Waals surface area (Å²) in [4.78, 5) is 40.5. The molecule has 0 unspecified atom stereocenters. The van der Waals surface area contributed by atoms with E-state index in [9.17, 15) is 22.8 Å². The number of nitrogens with one attached hydrogen (secondary N) is 2. The summed E-state index contributed by atoms with van der Waals surface area (Å²) in [5, 5.41) is 11.0. The number of methoxy groups -OCH3 is 2. The van der Waals surface area contributed by atoms with Crippen molar-refractivity contribution in [2.24, 2.45) is 5.14 Å². The lowest BCUT2D eigenvalue weighted by Gasteiger charge is -2.22. The van der Waals surface area contributed by atoms with Crippen LogP contribution in [0.25, 0.3) is 0 Å². The average Bonchev–Trinajstić information content (AvgIpc) is 3.42. The van der Waals surface area contributed by atoms with Gasteiger partial charge in [-0.1, -0.05) is 6.07 Å². The van der Waals surface area contributed by atoms with E-state index in [1.165, 1.54) is 43.4 Å². The predicted molar refractivity (Wildman–Crippen MR) is 162 cm³/mol. The van der Waals surface area contributed by atoms with Crippen LogP contribution >= 0.6 is 0 Å². The molecule has 5 aliphatic rings. The summed E-state index contributed by atoms with van der Waals surface area (Å²) in [6.45, 7) is 0.155. The zero-order valence-corrected chi connectivity index (χ0v) is 25.6. The molecule has 5 aliphatic heterocycles. The molecule has 1 fully saturated rings. The largest absolute Gasteiger partial charge is 0.496 e. The van der Waals surface area contributed by atoms with Crippen LogP contribution in [0.15, 0.2) is 65.6 Å². The van der Waals surface area contributed by atoms with Crippen LogP contribution in [0.1, 0.15) is 27.9 Å². The monoisotopic (exact) mass is 638 g/mol. The molecule has 45 heavy (non-hydrogen) atoms. The molecule has 3 aromatic carbocycles. The van der Waals surface area contributed by atoms with E-state index in [2.05, 4.69) is 10.6 Å². The molecule has 13 nitrogen and oxygen atoms in total. The molecule has 8 rings (SSSR count). The van der Waals surface area contributed by atoms with E-state index in [0.29, 0.717) is 29.4 Å². The van der Waals surface area contributed by atoms with E-state index in [1.54, 1.807) is 30.3 Å². The third kappa shape index (κ3) is 7.64. The molecule has 0 radical (unpaired) electrons. The SMILES string of the molecule is COc1cc2ccc1CNC(=O)CCc1ccc(c(OC)c1)OCC(=O)N[C@@H]1CN(C(=O)c3ccc(S(N)(=O)=O)cc3)C[C@H]1O2. The number of likely N-dealkylation sites (tertiary alicyclic amines) is 1. The summed E-state index contributed by atoms with van der Waals surface area (Å²) < 4.78 is 46.3. The molecule has 3 aromatic rings. The van der Waals surface area contributed by atoms with Gasteiger partial charge in [-0.05, 0) is 60.5 Å². The van der Waals surface area contributed by atoms with E-state index in [-0.39, 0.29) is 54.9 Å². The Balaban J connectivity index is 1.41. The van der Waals surface area contributed by atoms with Gasteiger partial charge in [0.15, 0.2) is 18.1 Å². The number of amides is 3. The lowest BCUT2D eigenvalue weighted by molar-refractivity contribution is -0.124. The number of sulfonamides is 1. The molecule has 14 heteroatoms. The van der Waals surface area contributed by atoms with Crippen molar-refractivity contribution < 1.29 is 41.7 Å². The van der Waals surface area contributed by atoms with Crippen LogP contribution in [-0.4, -0.2) is 77.1 Å². The zero-order chi connectivity index (χ0) is 32.1. The van der Waals surface area contributed by atoms with Gasteiger partial charge in [-0.2, -0.15) is 0 Å². The predicted octanol–water partition coefficient (Wildman–Crippen LogP) is 1.38. The second-order valence-corrected chi connectivity index (χ2v) is 12.2. The number of carbonyl (C=O) groups excluding carboxylic acids is 3. The van der Waals surface area contributed by atoms with Crippen molar-refractivity contribution in [3.63, 3.8) is 0 Å². The van der Waals surface area contributed by atoms with Crippen molar-refractivity contribution in [2.75, 3.05) is 33.9 Å². The fraction of sp³-hybridized carbons (Fsp3) is 0.323. The molecule has 2 atom stereocenters. The first kappa shape index (κ1) is 31.6. The second-order valence-electron chi connectivity index (χ2n) is 10.6. The van der Waals surface area contributed by atoms with E-state index < -0.39 is 28.1 Å². The van der Waals surface area contributed by atoms with Gasteiger partial charge in [0.25, 0.3) is 11.8 Å². The van der Waals surface area contributed by atoms with Crippen molar-refractivity contribution in [1.29, 1.82) is 0 Å². The first-order valence-corrected chi connectivity index (χ1v) is 15.7. The van der Waals surface area contributed by atoms with Gasteiger partial charge in [0.1, 0.15) is 17.6 Å². The lowest BCUT2D eigenvalue weighted by atomic mass is 10.1. The van der Waals surface area contributed by atoms with Crippen molar-refractivity contribution in [1.82, 2.24) is 15.5 Å². The van der Waals surface area contributed by atoms with Crippen molar-refractivity contribution >= 4 is 27.7 Å². The number of nitrogens with two attached hydrogens (primary N) is 1. The highest BCUT2D eigenvalue weighted by Gasteiger charge is 2.38. The van der Waals surface area contributed by atoms with Gasteiger partial charge < -0.3 is 34.5 Å². The van der Waals surface area contributed by atoms with Crippen LogP contribution in [0.5, 0.6) is 23.0 Å². The number of primary sulfonamides is 1. The number of rotatable bonds is 4.